The Morgan fingerprint density at radius 3 is 2.50 bits per heavy atom. The van der Waals surface area contributed by atoms with Crippen LogP contribution in [0.4, 0.5) is 4.79 Å². The van der Waals surface area contributed by atoms with Crippen LogP contribution in [0, 0.1) is 0 Å². The van der Waals surface area contributed by atoms with E-state index in [2.05, 4.69) is 53.0 Å². The number of aliphatic hydroxyl groups excluding tert-OH is 1. The predicted octanol–water partition coefficient (Wildman–Crippen LogP) is 5.31. The second-order valence-corrected chi connectivity index (χ2v) is 11.3. The lowest BCUT2D eigenvalue weighted by Crippen LogP contribution is -2.45. The number of hydrazone groups is 1. The SMILES string of the molecule is CCOc1cc([C@@H]2NC(=O)NC(C)=C2C(=O)OC)ccc1OC[C@@H](O)N/N=C\c1ccc(OCc2ccc(Br)cc2)c(Br)c1. The Hall–Kier alpha value is -4.07. The zero-order valence-corrected chi connectivity index (χ0v) is 27.4. The topological polar surface area (TPSA) is 140 Å². The number of allylic oxidation sites excluding steroid dienone is 1. The number of hydrogen-bond donors (Lipinski definition) is 4. The van der Waals surface area contributed by atoms with Gasteiger partial charge in [0.15, 0.2) is 17.7 Å². The molecule has 0 saturated heterocycles. The Kier molecular flexibility index (Phi) is 11.6. The number of urea groups is 1. The molecule has 1 heterocycles. The fourth-order valence-corrected chi connectivity index (χ4v) is 5.05. The van der Waals surface area contributed by atoms with Crippen LogP contribution in [0.2, 0.25) is 0 Å². The molecule has 3 aromatic carbocycles. The molecule has 2 atom stereocenters. The third kappa shape index (κ3) is 8.74. The molecule has 0 fully saturated rings. The normalized spacial score (nSPS) is 15.3. The largest absolute Gasteiger partial charge is 0.490 e. The fraction of sp³-hybridized carbons (Fsp3) is 0.258. The highest BCUT2D eigenvalue weighted by Gasteiger charge is 2.32. The Morgan fingerprint density at radius 1 is 1.05 bits per heavy atom. The minimum atomic E-state index is -1.13. The molecular formula is C31H32Br2N4O7. The summed E-state index contributed by atoms with van der Waals surface area (Å²) in [6.45, 7) is 4.08. The summed E-state index contributed by atoms with van der Waals surface area (Å²) in [6.07, 6.45) is 0.437. The average Bonchev–Trinajstić information content (AvgIpc) is 3.00. The lowest BCUT2D eigenvalue weighted by Gasteiger charge is -2.28. The summed E-state index contributed by atoms with van der Waals surface area (Å²) in [5.41, 5.74) is 5.72. The van der Waals surface area contributed by atoms with Gasteiger partial charge in [0, 0.05) is 10.2 Å². The van der Waals surface area contributed by atoms with Gasteiger partial charge in [0.25, 0.3) is 0 Å². The first kappa shape index (κ1) is 32.8. The monoisotopic (exact) mass is 730 g/mol. The van der Waals surface area contributed by atoms with Crippen molar-refractivity contribution in [2.45, 2.75) is 32.7 Å². The van der Waals surface area contributed by atoms with Crippen molar-refractivity contribution in [3.8, 4) is 17.2 Å². The molecule has 0 saturated carbocycles. The first-order chi connectivity index (χ1) is 21.2. The number of hydrogen-bond acceptors (Lipinski definition) is 9. The van der Waals surface area contributed by atoms with Crippen molar-refractivity contribution in [1.29, 1.82) is 0 Å². The van der Waals surface area contributed by atoms with Crippen molar-refractivity contribution in [3.05, 3.63) is 97.6 Å². The van der Waals surface area contributed by atoms with E-state index >= 15 is 0 Å². The number of rotatable bonds is 13. The van der Waals surface area contributed by atoms with Gasteiger partial charge in [-0.1, -0.05) is 34.1 Å². The Morgan fingerprint density at radius 2 is 1.80 bits per heavy atom. The van der Waals surface area contributed by atoms with Gasteiger partial charge in [0.05, 0.1) is 36.0 Å². The Labute approximate surface area is 271 Å². The molecule has 0 aromatic heterocycles. The first-order valence-corrected chi connectivity index (χ1v) is 15.2. The number of methoxy groups -OCH3 is 1. The van der Waals surface area contributed by atoms with E-state index in [4.69, 9.17) is 18.9 Å². The van der Waals surface area contributed by atoms with Crippen molar-refractivity contribution in [1.82, 2.24) is 16.1 Å². The number of amides is 2. The van der Waals surface area contributed by atoms with Crippen molar-refractivity contribution < 1.29 is 33.6 Å². The molecule has 4 rings (SSSR count). The standard InChI is InChI=1S/C31H32Br2N4O7/c1-4-42-26-14-21(29-28(30(39)41-3)18(2)35-31(40)36-29)8-12-25(26)44-17-27(38)37-34-15-20-7-11-24(23(33)13-20)43-16-19-5-9-22(32)10-6-19/h5-15,27,29,37-38H,4,16-17H2,1-3H3,(H2,35,36,40)/b34-15-/t27-,29+/m1/s1. The van der Waals surface area contributed by atoms with Crippen LogP contribution in [-0.2, 0) is 16.1 Å². The summed E-state index contributed by atoms with van der Waals surface area (Å²) in [4.78, 5) is 24.6. The fourth-order valence-electron chi connectivity index (χ4n) is 4.28. The van der Waals surface area contributed by atoms with E-state index in [1.165, 1.54) is 7.11 Å². The van der Waals surface area contributed by atoms with E-state index in [0.29, 0.717) is 41.7 Å². The highest BCUT2D eigenvalue weighted by atomic mass is 79.9. The summed E-state index contributed by atoms with van der Waals surface area (Å²) in [7, 11) is 1.28. The van der Waals surface area contributed by atoms with E-state index in [0.717, 1.165) is 20.1 Å². The summed E-state index contributed by atoms with van der Waals surface area (Å²) >= 11 is 6.95. The maximum atomic E-state index is 12.4. The van der Waals surface area contributed by atoms with Crippen LogP contribution >= 0.6 is 31.9 Å². The zero-order chi connectivity index (χ0) is 31.6. The quantitative estimate of drug-likeness (QED) is 0.0803. The maximum absolute atomic E-state index is 12.4. The number of esters is 1. The van der Waals surface area contributed by atoms with Crippen molar-refractivity contribution >= 4 is 50.1 Å². The zero-order valence-electron chi connectivity index (χ0n) is 24.2. The van der Waals surface area contributed by atoms with Gasteiger partial charge in [-0.15, -0.1) is 0 Å². The third-order valence-corrected chi connectivity index (χ3v) is 7.52. The van der Waals surface area contributed by atoms with E-state index in [1.807, 2.05) is 49.4 Å². The van der Waals surface area contributed by atoms with Gasteiger partial charge in [-0.25, -0.2) is 9.59 Å². The van der Waals surface area contributed by atoms with Crippen LogP contribution < -0.4 is 30.3 Å². The smallest absolute Gasteiger partial charge is 0.337 e. The van der Waals surface area contributed by atoms with Crippen LogP contribution in [-0.4, -0.2) is 49.9 Å². The molecule has 0 radical (unpaired) electrons. The molecular weight excluding hydrogens is 700 g/mol. The lowest BCUT2D eigenvalue weighted by atomic mass is 9.95. The molecule has 4 N–H and O–H groups in total. The number of aliphatic hydroxyl groups is 1. The van der Waals surface area contributed by atoms with E-state index in [1.54, 1.807) is 31.3 Å². The molecule has 0 aliphatic carbocycles. The van der Waals surface area contributed by atoms with Gasteiger partial charge in [-0.05, 0) is 88.9 Å². The molecule has 0 unspecified atom stereocenters. The number of nitrogens with zero attached hydrogens (tertiary/aromatic N) is 1. The highest BCUT2D eigenvalue weighted by molar-refractivity contribution is 9.10. The average molecular weight is 732 g/mol. The molecule has 0 bridgehead atoms. The molecule has 0 spiro atoms. The van der Waals surface area contributed by atoms with E-state index in [-0.39, 0.29) is 12.2 Å². The van der Waals surface area contributed by atoms with Gasteiger partial charge < -0.3 is 34.7 Å². The molecule has 44 heavy (non-hydrogen) atoms. The highest BCUT2D eigenvalue weighted by Crippen LogP contribution is 2.35. The third-order valence-electron chi connectivity index (χ3n) is 6.37. The van der Waals surface area contributed by atoms with Gasteiger partial charge in [-0.2, -0.15) is 5.10 Å². The van der Waals surface area contributed by atoms with Crippen LogP contribution in [0.3, 0.4) is 0 Å². The number of halogens is 2. The van der Waals surface area contributed by atoms with Gasteiger partial charge >= 0.3 is 12.0 Å². The lowest BCUT2D eigenvalue weighted by molar-refractivity contribution is -0.136. The van der Waals surface area contributed by atoms with Crippen LogP contribution in [0.25, 0.3) is 0 Å². The molecule has 11 nitrogen and oxygen atoms in total. The molecule has 232 valence electrons. The molecule has 3 aromatic rings. The maximum Gasteiger partial charge on any atom is 0.337 e. The number of carbonyl (C=O) groups is 2. The van der Waals surface area contributed by atoms with E-state index < -0.39 is 24.3 Å². The van der Waals surface area contributed by atoms with E-state index in [9.17, 15) is 14.7 Å². The summed E-state index contributed by atoms with van der Waals surface area (Å²) in [5, 5.41) is 19.9. The molecule has 2 amide bonds. The number of nitrogens with one attached hydrogen (secondary N) is 3. The van der Waals surface area contributed by atoms with Crippen molar-refractivity contribution in [2.75, 3.05) is 20.3 Å². The number of carbonyl (C=O) groups excluding carboxylic acids is 2. The summed E-state index contributed by atoms with van der Waals surface area (Å²) in [6, 6.07) is 17.3. The first-order valence-electron chi connectivity index (χ1n) is 13.6. The second-order valence-electron chi connectivity index (χ2n) is 9.52. The van der Waals surface area contributed by atoms with Gasteiger partial charge in [0.1, 0.15) is 19.0 Å². The van der Waals surface area contributed by atoms with Crippen LogP contribution in [0.15, 0.2) is 86.0 Å². The van der Waals surface area contributed by atoms with Crippen molar-refractivity contribution in [2.24, 2.45) is 5.10 Å². The van der Waals surface area contributed by atoms with Gasteiger partial charge in [0.2, 0.25) is 0 Å². The molecule has 1 aliphatic heterocycles. The Balaban J connectivity index is 1.34. The molecule has 1 aliphatic rings. The number of benzene rings is 3. The number of ether oxygens (including phenoxy) is 4. The van der Waals surface area contributed by atoms with Gasteiger partial charge in [-0.3, -0.25) is 5.43 Å². The Bertz CT molecular complexity index is 1550. The van der Waals surface area contributed by atoms with Crippen LogP contribution in [0.1, 0.15) is 36.6 Å². The summed E-state index contributed by atoms with van der Waals surface area (Å²) < 4.78 is 24.1. The minimum Gasteiger partial charge on any atom is -0.490 e. The summed E-state index contributed by atoms with van der Waals surface area (Å²) in [5.74, 6) is 0.866. The second kappa shape index (κ2) is 15.6. The van der Waals surface area contributed by atoms with Crippen LogP contribution in [0.5, 0.6) is 17.2 Å². The predicted molar refractivity (Wildman–Crippen MR) is 172 cm³/mol. The molecule has 13 heteroatoms. The minimum absolute atomic E-state index is 0.139. The van der Waals surface area contributed by atoms with Crippen molar-refractivity contribution in [3.63, 3.8) is 0 Å².